The number of halogens is 3. The van der Waals surface area contributed by atoms with Gasteiger partial charge in [-0.25, -0.2) is 0 Å². The summed E-state index contributed by atoms with van der Waals surface area (Å²) in [5.41, 5.74) is -0.998. The maximum atomic E-state index is 12.7. The molecule has 1 aliphatic rings. The maximum absolute atomic E-state index is 12.7. The molecule has 2 unspecified atom stereocenters. The highest BCUT2D eigenvalue weighted by Gasteiger charge is 2.37. The van der Waals surface area contributed by atoms with Crippen molar-refractivity contribution in [3.05, 3.63) is 29.6 Å². The Morgan fingerprint density at radius 1 is 1.47 bits per heavy atom. The SMILES string of the molecule is OC(c1cnccc1C(F)(F)F)C1CCOC1. The summed E-state index contributed by atoms with van der Waals surface area (Å²) in [5, 5.41) is 9.94. The van der Waals surface area contributed by atoms with Crippen LogP contribution in [-0.4, -0.2) is 23.3 Å². The molecule has 1 aromatic heterocycles. The second-order valence-electron chi connectivity index (χ2n) is 4.03. The Hall–Kier alpha value is -1.14. The summed E-state index contributed by atoms with van der Waals surface area (Å²) >= 11 is 0. The Kier molecular flexibility index (Phi) is 3.35. The number of hydrogen-bond acceptors (Lipinski definition) is 3. The molecule has 0 spiro atoms. The molecule has 2 heterocycles. The van der Waals surface area contributed by atoms with Crippen molar-refractivity contribution >= 4 is 0 Å². The van der Waals surface area contributed by atoms with Gasteiger partial charge in [-0.15, -0.1) is 0 Å². The number of aliphatic hydroxyl groups is 1. The van der Waals surface area contributed by atoms with Crippen molar-refractivity contribution in [2.24, 2.45) is 5.92 Å². The predicted molar refractivity (Wildman–Crippen MR) is 53.1 cm³/mol. The molecule has 0 amide bonds. The molecule has 2 rings (SSSR count). The molecule has 1 N–H and O–H groups in total. The molecule has 1 fully saturated rings. The third kappa shape index (κ3) is 2.58. The first kappa shape index (κ1) is 12.3. The van der Waals surface area contributed by atoms with Gasteiger partial charge in [-0.2, -0.15) is 13.2 Å². The molecule has 3 nitrogen and oxygen atoms in total. The van der Waals surface area contributed by atoms with Gasteiger partial charge in [0.15, 0.2) is 0 Å². The fourth-order valence-electron chi connectivity index (χ4n) is 1.96. The molecule has 0 aliphatic carbocycles. The predicted octanol–water partition coefficient (Wildman–Crippen LogP) is 2.17. The average Bonchev–Trinajstić information content (AvgIpc) is 2.80. The Morgan fingerprint density at radius 3 is 2.82 bits per heavy atom. The quantitative estimate of drug-likeness (QED) is 0.870. The average molecular weight is 247 g/mol. The van der Waals surface area contributed by atoms with E-state index in [4.69, 9.17) is 4.74 Å². The van der Waals surface area contributed by atoms with Gasteiger partial charge in [-0.05, 0) is 12.5 Å². The van der Waals surface area contributed by atoms with Crippen LogP contribution in [0.15, 0.2) is 18.5 Å². The van der Waals surface area contributed by atoms with Gasteiger partial charge < -0.3 is 9.84 Å². The highest BCUT2D eigenvalue weighted by molar-refractivity contribution is 5.28. The molecule has 1 aliphatic heterocycles. The third-order valence-electron chi connectivity index (χ3n) is 2.89. The van der Waals surface area contributed by atoms with E-state index >= 15 is 0 Å². The maximum Gasteiger partial charge on any atom is 0.416 e. The molecule has 94 valence electrons. The van der Waals surface area contributed by atoms with Gasteiger partial charge in [-0.3, -0.25) is 4.98 Å². The van der Waals surface area contributed by atoms with Crippen LogP contribution in [0, 0.1) is 5.92 Å². The largest absolute Gasteiger partial charge is 0.416 e. The van der Waals surface area contributed by atoms with Crippen LogP contribution in [0.4, 0.5) is 13.2 Å². The number of rotatable bonds is 2. The molecule has 0 bridgehead atoms. The van der Waals surface area contributed by atoms with E-state index in [-0.39, 0.29) is 18.1 Å². The first-order valence-corrected chi connectivity index (χ1v) is 5.27. The van der Waals surface area contributed by atoms with Gasteiger partial charge in [0.1, 0.15) is 0 Å². The van der Waals surface area contributed by atoms with Crippen molar-refractivity contribution in [1.29, 1.82) is 0 Å². The van der Waals surface area contributed by atoms with Gasteiger partial charge in [0.25, 0.3) is 0 Å². The molecule has 1 saturated heterocycles. The van der Waals surface area contributed by atoms with E-state index in [2.05, 4.69) is 4.98 Å². The van der Waals surface area contributed by atoms with Gasteiger partial charge in [0, 0.05) is 30.5 Å². The summed E-state index contributed by atoms with van der Waals surface area (Å²) in [6.07, 6.45) is -2.94. The number of aromatic nitrogens is 1. The summed E-state index contributed by atoms with van der Waals surface area (Å²) in [4.78, 5) is 3.65. The van der Waals surface area contributed by atoms with E-state index in [0.29, 0.717) is 13.0 Å². The summed E-state index contributed by atoms with van der Waals surface area (Å²) in [6.45, 7) is 0.761. The van der Waals surface area contributed by atoms with Crippen LogP contribution in [0.3, 0.4) is 0 Å². The van der Waals surface area contributed by atoms with Crippen LogP contribution in [0.1, 0.15) is 23.7 Å². The standard InChI is InChI=1S/C11H12F3NO2/c12-11(13,14)9-1-3-15-5-8(9)10(16)7-2-4-17-6-7/h1,3,5,7,10,16H,2,4,6H2. The summed E-state index contributed by atoms with van der Waals surface area (Å²) in [6, 6.07) is 0.883. The number of aliphatic hydroxyl groups excluding tert-OH is 1. The van der Waals surface area contributed by atoms with Crippen LogP contribution in [-0.2, 0) is 10.9 Å². The summed E-state index contributed by atoms with van der Waals surface area (Å²) in [7, 11) is 0. The van der Waals surface area contributed by atoms with E-state index in [9.17, 15) is 18.3 Å². The van der Waals surface area contributed by atoms with Crippen molar-refractivity contribution in [3.63, 3.8) is 0 Å². The Morgan fingerprint density at radius 2 is 2.24 bits per heavy atom. The van der Waals surface area contributed by atoms with Gasteiger partial charge in [0.2, 0.25) is 0 Å². The molecule has 6 heteroatoms. The number of hydrogen-bond donors (Lipinski definition) is 1. The highest BCUT2D eigenvalue weighted by Crippen LogP contribution is 2.37. The zero-order valence-corrected chi connectivity index (χ0v) is 8.94. The molecule has 0 aromatic carbocycles. The van der Waals surface area contributed by atoms with E-state index in [1.807, 2.05) is 0 Å². The van der Waals surface area contributed by atoms with Crippen LogP contribution in [0.5, 0.6) is 0 Å². The number of ether oxygens (including phenoxy) is 1. The molecular formula is C11H12F3NO2. The van der Waals surface area contributed by atoms with E-state index in [0.717, 1.165) is 18.5 Å². The van der Waals surface area contributed by atoms with Crippen molar-refractivity contribution in [2.75, 3.05) is 13.2 Å². The van der Waals surface area contributed by atoms with Crippen molar-refractivity contribution in [2.45, 2.75) is 18.7 Å². The second-order valence-corrected chi connectivity index (χ2v) is 4.03. The van der Waals surface area contributed by atoms with Crippen LogP contribution >= 0.6 is 0 Å². The Bertz CT molecular complexity index is 389. The highest BCUT2D eigenvalue weighted by atomic mass is 19.4. The first-order valence-electron chi connectivity index (χ1n) is 5.27. The second kappa shape index (κ2) is 4.62. The van der Waals surface area contributed by atoms with E-state index in [1.165, 1.54) is 0 Å². The molecule has 0 saturated carbocycles. The lowest BCUT2D eigenvalue weighted by Gasteiger charge is -2.20. The van der Waals surface area contributed by atoms with Gasteiger partial charge >= 0.3 is 6.18 Å². The zero-order valence-electron chi connectivity index (χ0n) is 8.94. The minimum Gasteiger partial charge on any atom is -0.388 e. The lowest BCUT2D eigenvalue weighted by atomic mass is 9.93. The molecule has 2 atom stereocenters. The summed E-state index contributed by atoms with van der Waals surface area (Å²) < 4.78 is 43.2. The van der Waals surface area contributed by atoms with Gasteiger partial charge in [-0.1, -0.05) is 0 Å². The lowest BCUT2D eigenvalue weighted by Crippen LogP contribution is -2.18. The Balaban J connectivity index is 2.31. The van der Waals surface area contributed by atoms with Crippen molar-refractivity contribution in [1.82, 2.24) is 4.98 Å². The van der Waals surface area contributed by atoms with Crippen LogP contribution in [0.25, 0.3) is 0 Å². The number of alkyl halides is 3. The van der Waals surface area contributed by atoms with Gasteiger partial charge in [0.05, 0.1) is 18.3 Å². The van der Waals surface area contributed by atoms with Crippen LogP contribution in [0.2, 0.25) is 0 Å². The number of nitrogens with zero attached hydrogens (tertiary/aromatic N) is 1. The number of pyridine rings is 1. The molecular weight excluding hydrogens is 235 g/mol. The fraction of sp³-hybridized carbons (Fsp3) is 0.545. The minimum absolute atomic E-state index is 0.171. The summed E-state index contributed by atoms with van der Waals surface area (Å²) in [5.74, 6) is -0.291. The minimum atomic E-state index is -4.47. The van der Waals surface area contributed by atoms with Crippen molar-refractivity contribution in [3.8, 4) is 0 Å². The lowest BCUT2D eigenvalue weighted by molar-refractivity contribution is -0.139. The fourth-order valence-corrected chi connectivity index (χ4v) is 1.96. The van der Waals surface area contributed by atoms with Crippen molar-refractivity contribution < 1.29 is 23.0 Å². The zero-order chi connectivity index (χ0) is 12.5. The molecule has 17 heavy (non-hydrogen) atoms. The van der Waals surface area contributed by atoms with E-state index < -0.39 is 17.8 Å². The molecule has 1 aromatic rings. The Labute approximate surface area is 96.2 Å². The smallest absolute Gasteiger partial charge is 0.388 e. The monoisotopic (exact) mass is 247 g/mol. The van der Waals surface area contributed by atoms with E-state index in [1.54, 1.807) is 0 Å². The first-order chi connectivity index (χ1) is 8.00. The third-order valence-corrected chi connectivity index (χ3v) is 2.89. The normalized spacial score (nSPS) is 22.7. The topological polar surface area (TPSA) is 42.4 Å². The molecule has 0 radical (unpaired) electrons. The van der Waals surface area contributed by atoms with Crippen LogP contribution < -0.4 is 0 Å².